The Morgan fingerprint density at radius 2 is 1.72 bits per heavy atom. The number of carbonyl (C=O) groups excluding carboxylic acids is 1. The lowest BCUT2D eigenvalue weighted by Crippen LogP contribution is -1.80. The zero-order chi connectivity index (χ0) is 13.5. The fraction of sp³-hybridized carbons (Fsp3) is 0.235. The summed E-state index contributed by atoms with van der Waals surface area (Å²) < 4.78 is 0. The average molecular weight is 240 g/mol. The molecular formula is C17H20O. The molecule has 0 bridgehead atoms. The van der Waals surface area contributed by atoms with E-state index in [1.165, 1.54) is 31.1 Å². The lowest BCUT2D eigenvalue weighted by molar-refractivity contribution is -0.110. The molecule has 0 saturated heterocycles. The Morgan fingerprint density at radius 1 is 1.00 bits per heavy atom. The first-order valence-electron chi connectivity index (χ1n) is 6.08. The predicted octanol–water partition coefficient (Wildman–Crippen LogP) is 4.16. The Morgan fingerprint density at radius 3 is 2.44 bits per heavy atom. The van der Waals surface area contributed by atoms with Gasteiger partial charge in [0.15, 0.2) is 5.78 Å². The molecule has 0 N–H and O–H groups in total. The molecule has 0 aromatic rings. The molecule has 94 valence electrons. The van der Waals surface area contributed by atoms with Gasteiger partial charge in [0.1, 0.15) is 0 Å². The topological polar surface area (TPSA) is 17.1 Å². The summed E-state index contributed by atoms with van der Waals surface area (Å²) in [6, 6.07) is 0. The van der Waals surface area contributed by atoms with Crippen molar-refractivity contribution in [3.8, 4) is 11.8 Å². The minimum Gasteiger partial charge on any atom is -0.290 e. The molecule has 0 rings (SSSR count). The Kier molecular flexibility index (Phi) is 11.5. The summed E-state index contributed by atoms with van der Waals surface area (Å²) in [4.78, 5) is 10.8. The average Bonchev–Trinajstić information content (AvgIpc) is 2.39. The highest BCUT2D eigenvalue weighted by atomic mass is 16.1. The molecule has 1 nitrogen and oxygen atoms in total. The van der Waals surface area contributed by atoms with Crippen LogP contribution in [-0.2, 0) is 4.79 Å². The van der Waals surface area contributed by atoms with Crippen molar-refractivity contribution in [1.82, 2.24) is 0 Å². The van der Waals surface area contributed by atoms with E-state index in [9.17, 15) is 4.79 Å². The zero-order valence-corrected chi connectivity index (χ0v) is 10.8. The molecule has 0 aliphatic carbocycles. The predicted molar refractivity (Wildman–Crippen MR) is 79.1 cm³/mol. The van der Waals surface area contributed by atoms with Gasteiger partial charge in [0.25, 0.3) is 0 Å². The van der Waals surface area contributed by atoms with E-state index in [1.807, 2.05) is 18.2 Å². The lowest BCUT2D eigenvalue weighted by Gasteiger charge is -1.90. The maximum absolute atomic E-state index is 10.8. The van der Waals surface area contributed by atoms with Gasteiger partial charge in [0.05, 0.1) is 0 Å². The summed E-state index contributed by atoms with van der Waals surface area (Å²) in [7, 11) is 0. The van der Waals surface area contributed by atoms with Crippen LogP contribution in [0.25, 0.3) is 0 Å². The van der Waals surface area contributed by atoms with Crippen LogP contribution in [0.5, 0.6) is 0 Å². The molecular weight excluding hydrogens is 220 g/mol. The zero-order valence-electron chi connectivity index (χ0n) is 10.8. The van der Waals surface area contributed by atoms with Crippen LogP contribution in [0.1, 0.15) is 25.7 Å². The van der Waals surface area contributed by atoms with Crippen LogP contribution in [0.15, 0.2) is 61.8 Å². The van der Waals surface area contributed by atoms with Crippen molar-refractivity contribution >= 4 is 5.78 Å². The molecule has 0 aromatic carbocycles. The van der Waals surface area contributed by atoms with Crippen LogP contribution < -0.4 is 0 Å². The van der Waals surface area contributed by atoms with Gasteiger partial charge in [0, 0.05) is 0 Å². The van der Waals surface area contributed by atoms with Crippen LogP contribution in [0, 0.1) is 11.8 Å². The highest BCUT2D eigenvalue weighted by molar-refractivity contribution is 5.98. The van der Waals surface area contributed by atoms with E-state index >= 15 is 0 Å². The summed E-state index contributed by atoms with van der Waals surface area (Å²) in [5.41, 5.74) is 0. The van der Waals surface area contributed by atoms with E-state index in [1.54, 1.807) is 6.08 Å². The first-order valence-corrected chi connectivity index (χ1v) is 6.08. The van der Waals surface area contributed by atoms with Crippen molar-refractivity contribution in [3.05, 3.63) is 61.8 Å². The van der Waals surface area contributed by atoms with Crippen molar-refractivity contribution in [2.24, 2.45) is 0 Å². The van der Waals surface area contributed by atoms with Crippen LogP contribution >= 0.6 is 0 Å². The van der Waals surface area contributed by atoms with Gasteiger partial charge >= 0.3 is 0 Å². The van der Waals surface area contributed by atoms with Crippen molar-refractivity contribution in [1.29, 1.82) is 0 Å². The van der Waals surface area contributed by atoms with Gasteiger partial charge in [-0.1, -0.05) is 42.7 Å². The highest BCUT2D eigenvalue weighted by Gasteiger charge is 1.81. The Hall–Kier alpha value is -2.07. The molecule has 0 unspecified atom stereocenters. The molecule has 0 aliphatic heterocycles. The molecule has 0 amide bonds. The third-order valence-corrected chi connectivity index (χ3v) is 2.07. The SMILES string of the molecule is C=CCCCC/C=C/C=C/C#C/C=C/C(=O)C=C. The number of ketones is 1. The molecule has 0 aromatic heterocycles. The molecule has 0 radical (unpaired) electrons. The molecule has 18 heavy (non-hydrogen) atoms. The molecule has 0 saturated carbocycles. The van der Waals surface area contributed by atoms with Crippen LogP contribution in [0.4, 0.5) is 0 Å². The Bertz CT molecular complexity index is 397. The number of unbranched alkanes of at least 4 members (excludes halogenated alkanes) is 3. The third-order valence-electron chi connectivity index (χ3n) is 2.07. The second kappa shape index (κ2) is 13.0. The monoisotopic (exact) mass is 240 g/mol. The van der Waals surface area contributed by atoms with Gasteiger partial charge in [-0.05, 0) is 50.0 Å². The summed E-state index contributed by atoms with van der Waals surface area (Å²) in [6.45, 7) is 7.04. The number of hydrogen-bond acceptors (Lipinski definition) is 1. The fourth-order valence-corrected chi connectivity index (χ4v) is 1.12. The highest BCUT2D eigenvalue weighted by Crippen LogP contribution is 2.00. The van der Waals surface area contributed by atoms with E-state index in [-0.39, 0.29) is 5.78 Å². The van der Waals surface area contributed by atoms with Crippen molar-refractivity contribution in [2.45, 2.75) is 25.7 Å². The standard InChI is InChI=1S/C17H20O/c1-3-5-6-7-8-9-10-11-12-13-14-15-16-17(18)4-2/h3-4,9-12,15-16H,1-2,5-8H2/b10-9+,12-11+,16-15+. The number of carbonyl (C=O) groups is 1. The van der Waals surface area contributed by atoms with E-state index in [4.69, 9.17) is 0 Å². The van der Waals surface area contributed by atoms with E-state index in [0.29, 0.717) is 0 Å². The van der Waals surface area contributed by atoms with Gasteiger partial charge in [-0.3, -0.25) is 4.79 Å². The molecule has 0 fully saturated rings. The summed E-state index contributed by atoms with van der Waals surface area (Å²) >= 11 is 0. The molecule has 1 heteroatoms. The first-order chi connectivity index (χ1) is 8.81. The quantitative estimate of drug-likeness (QED) is 0.205. The van der Waals surface area contributed by atoms with Gasteiger partial charge in [-0.25, -0.2) is 0 Å². The summed E-state index contributed by atoms with van der Waals surface area (Å²) in [6.07, 6.45) is 18.4. The minimum atomic E-state index is -0.132. The van der Waals surface area contributed by atoms with Gasteiger partial charge in [0.2, 0.25) is 0 Å². The number of rotatable bonds is 8. The minimum absolute atomic E-state index is 0.132. The first kappa shape index (κ1) is 15.9. The van der Waals surface area contributed by atoms with Crippen LogP contribution in [-0.4, -0.2) is 5.78 Å². The van der Waals surface area contributed by atoms with Gasteiger partial charge < -0.3 is 0 Å². The maximum atomic E-state index is 10.8. The summed E-state index contributed by atoms with van der Waals surface area (Å²) in [5, 5.41) is 0. The van der Waals surface area contributed by atoms with Crippen LogP contribution in [0.3, 0.4) is 0 Å². The largest absolute Gasteiger partial charge is 0.290 e. The normalized spacial score (nSPS) is 10.7. The fourth-order valence-electron chi connectivity index (χ4n) is 1.12. The molecule has 0 heterocycles. The Labute approximate surface area is 110 Å². The third kappa shape index (κ3) is 12.0. The van der Waals surface area contributed by atoms with Crippen molar-refractivity contribution in [2.75, 3.05) is 0 Å². The van der Waals surface area contributed by atoms with E-state index in [2.05, 4.69) is 31.1 Å². The lowest BCUT2D eigenvalue weighted by atomic mass is 10.2. The smallest absolute Gasteiger partial charge is 0.178 e. The van der Waals surface area contributed by atoms with Gasteiger partial charge in [-0.15, -0.1) is 6.58 Å². The van der Waals surface area contributed by atoms with E-state index < -0.39 is 0 Å². The Balaban J connectivity index is 3.70. The molecule has 0 aliphatic rings. The molecule has 0 spiro atoms. The maximum Gasteiger partial charge on any atom is 0.178 e. The second-order valence-electron chi connectivity index (χ2n) is 3.59. The number of allylic oxidation sites excluding steroid dienone is 8. The summed E-state index contributed by atoms with van der Waals surface area (Å²) in [5.74, 6) is 5.41. The van der Waals surface area contributed by atoms with E-state index in [0.717, 1.165) is 12.8 Å². The number of hydrogen-bond donors (Lipinski definition) is 0. The van der Waals surface area contributed by atoms with Crippen molar-refractivity contribution in [3.63, 3.8) is 0 Å². The second-order valence-corrected chi connectivity index (χ2v) is 3.59. The van der Waals surface area contributed by atoms with Crippen molar-refractivity contribution < 1.29 is 4.79 Å². The van der Waals surface area contributed by atoms with Gasteiger partial charge in [-0.2, -0.15) is 0 Å². The molecule has 0 atom stereocenters. The van der Waals surface area contributed by atoms with Crippen LogP contribution in [0.2, 0.25) is 0 Å².